The molecule has 1 atom stereocenters. The number of halogens is 1. The highest BCUT2D eigenvalue weighted by atomic mass is 79.9. The SMILES string of the molecule is Cc1c([N+](=O)[O-])cnc(OCCC2CCCCN2)c1Br. The molecule has 1 unspecified atom stereocenters. The van der Waals surface area contributed by atoms with E-state index in [9.17, 15) is 10.1 Å². The largest absolute Gasteiger partial charge is 0.477 e. The van der Waals surface area contributed by atoms with Crippen molar-refractivity contribution in [3.63, 3.8) is 0 Å². The fraction of sp³-hybridized carbons (Fsp3) is 0.615. The molecule has 110 valence electrons. The van der Waals surface area contributed by atoms with Gasteiger partial charge in [0.1, 0.15) is 6.20 Å². The number of ether oxygens (including phenoxy) is 1. The summed E-state index contributed by atoms with van der Waals surface area (Å²) in [6.07, 6.45) is 5.85. The number of nitrogens with one attached hydrogen (secondary N) is 1. The molecule has 0 aliphatic carbocycles. The molecule has 0 aromatic carbocycles. The van der Waals surface area contributed by atoms with E-state index in [0.29, 0.717) is 28.6 Å². The molecule has 1 saturated heterocycles. The Bertz CT molecular complexity index is 490. The lowest BCUT2D eigenvalue weighted by atomic mass is 10.0. The lowest BCUT2D eigenvalue weighted by molar-refractivity contribution is -0.385. The number of piperidine rings is 1. The average Bonchev–Trinajstić information content (AvgIpc) is 2.44. The van der Waals surface area contributed by atoms with E-state index >= 15 is 0 Å². The van der Waals surface area contributed by atoms with Gasteiger partial charge in [0.25, 0.3) is 5.69 Å². The second-order valence-corrected chi connectivity index (χ2v) is 5.72. The Labute approximate surface area is 126 Å². The monoisotopic (exact) mass is 343 g/mol. The highest BCUT2D eigenvalue weighted by molar-refractivity contribution is 9.10. The number of nitro groups is 1. The van der Waals surface area contributed by atoms with Crippen molar-refractivity contribution < 1.29 is 9.66 Å². The summed E-state index contributed by atoms with van der Waals surface area (Å²) < 4.78 is 6.19. The number of hydrogen-bond acceptors (Lipinski definition) is 5. The molecule has 1 fully saturated rings. The second-order valence-electron chi connectivity index (χ2n) is 4.93. The third-order valence-corrected chi connectivity index (χ3v) is 4.45. The number of pyridine rings is 1. The molecule has 1 aromatic rings. The Morgan fingerprint density at radius 2 is 2.40 bits per heavy atom. The summed E-state index contributed by atoms with van der Waals surface area (Å²) in [6, 6.07) is 0.502. The Kier molecular flexibility index (Phi) is 5.31. The van der Waals surface area contributed by atoms with E-state index in [2.05, 4.69) is 26.2 Å². The third-order valence-electron chi connectivity index (χ3n) is 3.52. The van der Waals surface area contributed by atoms with Crippen LogP contribution in [0.2, 0.25) is 0 Å². The summed E-state index contributed by atoms with van der Waals surface area (Å²) in [7, 11) is 0. The zero-order valence-electron chi connectivity index (χ0n) is 11.4. The van der Waals surface area contributed by atoms with Crippen molar-refractivity contribution >= 4 is 21.6 Å². The van der Waals surface area contributed by atoms with E-state index in [1.165, 1.54) is 25.5 Å². The van der Waals surface area contributed by atoms with Crippen molar-refractivity contribution in [2.24, 2.45) is 0 Å². The van der Waals surface area contributed by atoms with Crippen molar-refractivity contribution in [1.29, 1.82) is 0 Å². The molecule has 0 amide bonds. The van der Waals surface area contributed by atoms with E-state index in [1.807, 2.05) is 0 Å². The van der Waals surface area contributed by atoms with Crippen LogP contribution in [0.25, 0.3) is 0 Å². The first kappa shape index (κ1) is 15.2. The smallest absolute Gasteiger partial charge is 0.291 e. The maximum absolute atomic E-state index is 10.8. The Morgan fingerprint density at radius 1 is 1.60 bits per heavy atom. The van der Waals surface area contributed by atoms with Crippen LogP contribution in [0.3, 0.4) is 0 Å². The van der Waals surface area contributed by atoms with Crippen molar-refractivity contribution in [1.82, 2.24) is 10.3 Å². The van der Waals surface area contributed by atoms with Gasteiger partial charge in [-0.3, -0.25) is 10.1 Å². The standard InChI is InChI=1S/C13H18BrN3O3/c1-9-11(17(18)19)8-16-13(12(9)14)20-7-5-10-4-2-3-6-15-10/h8,10,15H,2-7H2,1H3. The minimum atomic E-state index is -0.442. The lowest BCUT2D eigenvalue weighted by Crippen LogP contribution is -2.35. The molecule has 7 heteroatoms. The molecular formula is C13H18BrN3O3. The van der Waals surface area contributed by atoms with Gasteiger partial charge in [0.05, 0.1) is 16.0 Å². The van der Waals surface area contributed by atoms with Gasteiger partial charge in [-0.25, -0.2) is 4.98 Å². The molecule has 2 heterocycles. The van der Waals surface area contributed by atoms with Crippen LogP contribution in [0.1, 0.15) is 31.2 Å². The van der Waals surface area contributed by atoms with E-state index in [0.717, 1.165) is 13.0 Å². The predicted molar refractivity (Wildman–Crippen MR) is 79.1 cm³/mol. The van der Waals surface area contributed by atoms with E-state index < -0.39 is 4.92 Å². The van der Waals surface area contributed by atoms with Crippen molar-refractivity contribution in [2.75, 3.05) is 13.2 Å². The van der Waals surface area contributed by atoms with Gasteiger partial charge in [-0.1, -0.05) is 6.42 Å². The molecule has 0 saturated carbocycles. The summed E-state index contributed by atoms with van der Waals surface area (Å²) in [5.74, 6) is 0.420. The molecule has 1 aromatic heterocycles. The molecule has 1 N–H and O–H groups in total. The zero-order chi connectivity index (χ0) is 14.5. The number of rotatable bonds is 5. The van der Waals surface area contributed by atoms with E-state index in [1.54, 1.807) is 6.92 Å². The summed E-state index contributed by atoms with van der Waals surface area (Å²) in [5, 5.41) is 14.3. The molecule has 6 nitrogen and oxygen atoms in total. The summed E-state index contributed by atoms with van der Waals surface area (Å²) >= 11 is 3.32. The van der Waals surface area contributed by atoms with Crippen LogP contribution >= 0.6 is 15.9 Å². The van der Waals surface area contributed by atoms with Crippen LogP contribution in [-0.4, -0.2) is 29.1 Å². The van der Waals surface area contributed by atoms with Gasteiger partial charge in [-0.15, -0.1) is 0 Å². The Hall–Kier alpha value is -1.21. The first-order valence-corrected chi connectivity index (χ1v) is 7.54. The minimum Gasteiger partial charge on any atom is -0.477 e. The maximum Gasteiger partial charge on any atom is 0.291 e. The first-order valence-electron chi connectivity index (χ1n) is 6.75. The lowest BCUT2D eigenvalue weighted by Gasteiger charge is -2.23. The van der Waals surface area contributed by atoms with Crippen molar-refractivity contribution in [2.45, 2.75) is 38.6 Å². The molecule has 2 rings (SSSR count). The van der Waals surface area contributed by atoms with Gasteiger partial charge < -0.3 is 10.1 Å². The van der Waals surface area contributed by atoms with Crippen LogP contribution in [0.5, 0.6) is 5.88 Å². The van der Waals surface area contributed by atoms with Crippen LogP contribution in [-0.2, 0) is 0 Å². The Morgan fingerprint density at radius 3 is 3.05 bits per heavy atom. The highest BCUT2D eigenvalue weighted by Crippen LogP contribution is 2.32. The normalized spacial score (nSPS) is 18.8. The molecule has 1 aliphatic heterocycles. The zero-order valence-corrected chi connectivity index (χ0v) is 13.0. The second kappa shape index (κ2) is 6.99. The molecular weight excluding hydrogens is 326 g/mol. The van der Waals surface area contributed by atoms with E-state index in [4.69, 9.17) is 4.74 Å². The molecule has 1 aliphatic rings. The summed E-state index contributed by atoms with van der Waals surface area (Å²) in [6.45, 7) is 3.31. The third kappa shape index (κ3) is 3.67. The van der Waals surface area contributed by atoms with Gasteiger partial charge >= 0.3 is 0 Å². The van der Waals surface area contributed by atoms with Gasteiger partial charge in [0.15, 0.2) is 0 Å². The molecule has 0 bridgehead atoms. The fourth-order valence-electron chi connectivity index (χ4n) is 2.30. The summed E-state index contributed by atoms with van der Waals surface area (Å²) in [5.41, 5.74) is 0.536. The predicted octanol–water partition coefficient (Wildman–Crippen LogP) is 2.97. The van der Waals surface area contributed by atoms with Gasteiger partial charge in [-0.05, 0) is 48.7 Å². The minimum absolute atomic E-state index is 0.00169. The van der Waals surface area contributed by atoms with Crippen LogP contribution in [0, 0.1) is 17.0 Å². The van der Waals surface area contributed by atoms with Crippen LogP contribution in [0.15, 0.2) is 10.7 Å². The number of aromatic nitrogens is 1. The highest BCUT2D eigenvalue weighted by Gasteiger charge is 2.18. The molecule has 20 heavy (non-hydrogen) atoms. The van der Waals surface area contributed by atoms with Crippen LogP contribution in [0.4, 0.5) is 5.69 Å². The first-order chi connectivity index (χ1) is 9.59. The van der Waals surface area contributed by atoms with Gasteiger partial charge in [0, 0.05) is 11.6 Å². The average molecular weight is 344 g/mol. The summed E-state index contributed by atoms with van der Waals surface area (Å²) in [4.78, 5) is 14.4. The maximum atomic E-state index is 10.8. The Balaban J connectivity index is 1.92. The molecule has 0 spiro atoms. The van der Waals surface area contributed by atoms with Gasteiger partial charge in [0.2, 0.25) is 5.88 Å². The topological polar surface area (TPSA) is 77.3 Å². The number of nitrogens with zero attached hydrogens (tertiary/aromatic N) is 2. The fourth-order valence-corrected chi connectivity index (χ4v) is 2.72. The number of hydrogen-bond donors (Lipinski definition) is 1. The van der Waals surface area contributed by atoms with Crippen LogP contribution < -0.4 is 10.1 Å². The molecule has 0 radical (unpaired) electrons. The van der Waals surface area contributed by atoms with Crippen molar-refractivity contribution in [3.05, 3.63) is 26.3 Å². The quantitative estimate of drug-likeness (QED) is 0.656. The van der Waals surface area contributed by atoms with Gasteiger partial charge in [-0.2, -0.15) is 0 Å². The van der Waals surface area contributed by atoms with E-state index in [-0.39, 0.29) is 5.69 Å². The van der Waals surface area contributed by atoms with Crippen molar-refractivity contribution in [3.8, 4) is 5.88 Å².